The van der Waals surface area contributed by atoms with Crippen LogP contribution in [0.1, 0.15) is 13.8 Å². The second kappa shape index (κ2) is 8.31. The maximum atomic E-state index is 9.36. The molecule has 8 nitrogen and oxygen atoms in total. The molecule has 0 aliphatic carbocycles. The standard InChI is InChI=1S/C11H21N3O5/c1-4-17-10-8(13-14-12)11(18-5-2)19-7(6-15)9(10)16-3/h7-11,15H,4-6H2,1-3H3/t7?,8?,9-,10-,11?/m1/s1. The van der Waals surface area contributed by atoms with Gasteiger partial charge in [-0.3, -0.25) is 0 Å². The Morgan fingerprint density at radius 2 is 1.95 bits per heavy atom. The maximum Gasteiger partial charge on any atom is 0.169 e. The Labute approximate surface area is 112 Å². The van der Waals surface area contributed by atoms with Crippen LogP contribution in [0.25, 0.3) is 10.4 Å². The average Bonchev–Trinajstić information content (AvgIpc) is 2.42. The van der Waals surface area contributed by atoms with E-state index >= 15 is 0 Å². The van der Waals surface area contributed by atoms with Crippen LogP contribution in [0.4, 0.5) is 0 Å². The third kappa shape index (κ3) is 3.79. The molecule has 19 heavy (non-hydrogen) atoms. The second-order valence-electron chi connectivity index (χ2n) is 4.00. The van der Waals surface area contributed by atoms with Gasteiger partial charge in [0.2, 0.25) is 0 Å². The summed E-state index contributed by atoms with van der Waals surface area (Å²) in [4.78, 5) is 2.81. The molecule has 3 unspecified atom stereocenters. The minimum absolute atomic E-state index is 0.228. The lowest BCUT2D eigenvalue weighted by Gasteiger charge is -2.43. The van der Waals surface area contributed by atoms with Gasteiger partial charge in [-0.15, -0.1) is 0 Å². The molecule has 0 aromatic rings. The van der Waals surface area contributed by atoms with E-state index in [2.05, 4.69) is 10.0 Å². The van der Waals surface area contributed by atoms with Crippen LogP contribution in [0.2, 0.25) is 0 Å². The SMILES string of the molecule is CCOC1OC(CO)[C@@H](OC)[C@H](OCC)C1N=[N+]=[N-]. The number of ether oxygens (including phenoxy) is 4. The zero-order valence-corrected chi connectivity index (χ0v) is 11.4. The van der Waals surface area contributed by atoms with Crippen molar-refractivity contribution in [3.63, 3.8) is 0 Å². The molecular formula is C11H21N3O5. The van der Waals surface area contributed by atoms with Crippen molar-refractivity contribution >= 4 is 0 Å². The molecule has 1 rings (SSSR count). The molecule has 0 saturated carbocycles. The van der Waals surface area contributed by atoms with Crippen LogP contribution >= 0.6 is 0 Å². The van der Waals surface area contributed by atoms with Crippen LogP contribution in [0.15, 0.2) is 5.11 Å². The summed E-state index contributed by atoms with van der Waals surface area (Å²) in [6.07, 6.45) is -2.37. The van der Waals surface area contributed by atoms with Gasteiger partial charge in [-0.2, -0.15) is 0 Å². The monoisotopic (exact) mass is 275 g/mol. The number of aliphatic hydroxyl groups excluding tert-OH is 1. The Morgan fingerprint density at radius 1 is 1.26 bits per heavy atom. The minimum Gasteiger partial charge on any atom is -0.394 e. The van der Waals surface area contributed by atoms with E-state index in [0.29, 0.717) is 13.2 Å². The number of nitrogens with zero attached hydrogens (tertiary/aromatic N) is 3. The molecule has 0 radical (unpaired) electrons. The largest absolute Gasteiger partial charge is 0.394 e. The summed E-state index contributed by atoms with van der Waals surface area (Å²) in [5, 5.41) is 13.1. The van der Waals surface area contributed by atoms with Gasteiger partial charge in [0, 0.05) is 25.2 Å². The first-order chi connectivity index (χ1) is 9.23. The third-order valence-electron chi connectivity index (χ3n) is 2.94. The van der Waals surface area contributed by atoms with Gasteiger partial charge < -0.3 is 24.1 Å². The quantitative estimate of drug-likeness (QED) is 0.421. The summed E-state index contributed by atoms with van der Waals surface area (Å²) < 4.78 is 21.9. The van der Waals surface area contributed by atoms with Crippen molar-refractivity contribution in [2.75, 3.05) is 26.9 Å². The van der Waals surface area contributed by atoms with E-state index < -0.39 is 30.6 Å². The van der Waals surface area contributed by atoms with Crippen molar-refractivity contribution in [1.82, 2.24) is 0 Å². The summed E-state index contributed by atoms with van der Waals surface area (Å²) in [6.45, 7) is 4.24. The molecule has 1 fully saturated rings. The highest BCUT2D eigenvalue weighted by molar-refractivity contribution is 4.95. The molecule has 1 N–H and O–H groups in total. The van der Waals surface area contributed by atoms with Gasteiger partial charge in [0.1, 0.15) is 18.2 Å². The smallest absolute Gasteiger partial charge is 0.169 e. The molecule has 1 aliphatic rings. The van der Waals surface area contributed by atoms with Gasteiger partial charge in [-0.1, -0.05) is 5.11 Å². The zero-order valence-electron chi connectivity index (χ0n) is 11.4. The predicted molar refractivity (Wildman–Crippen MR) is 66.5 cm³/mol. The first-order valence-corrected chi connectivity index (χ1v) is 6.29. The highest BCUT2D eigenvalue weighted by Gasteiger charge is 2.46. The van der Waals surface area contributed by atoms with Crippen LogP contribution in [0.3, 0.4) is 0 Å². The molecule has 0 bridgehead atoms. The molecule has 0 aromatic carbocycles. The van der Waals surface area contributed by atoms with Gasteiger partial charge in [-0.05, 0) is 19.4 Å². The number of methoxy groups -OCH3 is 1. The summed E-state index contributed by atoms with van der Waals surface area (Å²) in [6, 6.07) is -0.655. The van der Waals surface area contributed by atoms with Crippen molar-refractivity contribution in [2.45, 2.75) is 44.5 Å². The Bertz CT molecular complexity index is 311. The van der Waals surface area contributed by atoms with E-state index in [9.17, 15) is 5.11 Å². The molecule has 1 saturated heterocycles. The Hall–Kier alpha value is -0.890. The number of aliphatic hydroxyl groups is 1. The van der Waals surface area contributed by atoms with Crippen molar-refractivity contribution < 1.29 is 24.1 Å². The van der Waals surface area contributed by atoms with E-state index in [-0.39, 0.29) is 6.61 Å². The van der Waals surface area contributed by atoms with Gasteiger partial charge in [0.05, 0.1) is 12.7 Å². The normalized spacial score (nSPS) is 34.8. The van der Waals surface area contributed by atoms with Crippen LogP contribution in [-0.4, -0.2) is 62.7 Å². The summed E-state index contributed by atoms with van der Waals surface area (Å²) in [5.41, 5.74) is 8.67. The fourth-order valence-electron chi connectivity index (χ4n) is 2.19. The van der Waals surface area contributed by atoms with E-state index in [4.69, 9.17) is 24.5 Å². The lowest BCUT2D eigenvalue weighted by molar-refractivity contribution is -0.275. The van der Waals surface area contributed by atoms with Crippen LogP contribution in [-0.2, 0) is 18.9 Å². The highest BCUT2D eigenvalue weighted by Crippen LogP contribution is 2.28. The molecule has 0 amide bonds. The van der Waals surface area contributed by atoms with Gasteiger partial charge >= 0.3 is 0 Å². The van der Waals surface area contributed by atoms with Crippen molar-refractivity contribution in [3.05, 3.63) is 10.4 Å². The zero-order chi connectivity index (χ0) is 14.3. The van der Waals surface area contributed by atoms with Crippen LogP contribution in [0, 0.1) is 0 Å². The fraction of sp³-hybridized carbons (Fsp3) is 1.00. The minimum atomic E-state index is -0.749. The number of hydrogen-bond acceptors (Lipinski definition) is 6. The van der Waals surface area contributed by atoms with E-state index in [1.54, 1.807) is 0 Å². The summed E-state index contributed by atoms with van der Waals surface area (Å²) in [5.74, 6) is 0. The third-order valence-corrected chi connectivity index (χ3v) is 2.94. The Balaban J connectivity index is 3.00. The molecule has 8 heteroatoms. The van der Waals surface area contributed by atoms with E-state index in [1.165, 1.54) is 7.11 Å². The van der Waals surface area contributed by atoms with Crippen molar-refractivity contribution in [1.29, 1.82) is 0 Å². The maximum absolute atomic E-state index is 9.36. The van der Waals surface area contributed by atoms with Crippen molar-refractivity contribution in [3.8, 4) is 0 Å². The van der Waals surface area contributed by atoms with Gasteiger partial charge in [0.15, 0.2) is 6.29 Å². The van der Waals surface area contributed by atoms with Crippen LogP contribution < -0.4 is 0 Å². The lowest BCUT2D eigenvalue weighted by Crippen LogP contribution is -2.60. The van der Waals surface area contributed by atoms with Gasteiger partial charge in [0.25, 0.3) is 0 Å². The number of azide groups is 1. The highest BCUT2D eigenvalue weighted by atomic mass is 16.7. The van der Waals surface area contributed by atoms with E-state index in [1.807, 2.05) is 13.8 Å². The first-order valence-electron chi connectivity index (χ1n) is 6.29. The number of hydrogen-bond donors (Lipinski definition) is 1. The van der Waals surface area contributed by atoms with E-state index in [0.717, 1.165) is 0 Å². The summed E-state index contributed by atoms with van der Waals surface area (Å²) in [7, 11) is 1.50. The predicted octanol–water partition coefficient (Wildman–Crippen LogP) is 0.839. The lowest BCUT2D eigenvalue weighted by atomic mass is 9.97. The summed E-state index contributed by atoms with van der Waals surface area (Å²) >= 11 is 0. The molecule has 0 spiro atoms. The topological polar surface area (TPSA) is 106 Å². The molecule has 0 aromatic heterocycles. The Kier molecular flexibility index (Phi) is 7.07. The molecule has 110 valence electrons. The molecule has 5 atom stereocenters. The average molecular weight is 275 g/mol. The van der Waals surface area contributed by atoms with Crippen molar-refractivity contribution in [2.24, 2.45) is 5.11 Å². The second-order valence-corrected chi connectivity index (χ2v) is 4.00. The molecular weight excluding hydrogens is 254 g/mol. The molecule has 1 aliphatic heterocycles. The Morgan fingerprint density at radius 3 is 2.42 bits per heavy atom. The van der Waals surface area contributed by atoms with Gasteiger partial charge in [-0.25, -0.2) is 0 Å². The fourth-order valence-corrected chi connectivity index (χ4v) is 2.19. The number of rotatable bonds is 7. The molecule has 1 heterocycles. The first kappa shape index (κ1) is 16.2. The van der Waals surface area contributed by atoms with Crippen LogP contribution in [0.5, 0.6) is 0 Å².